The van der Waals surface area contributed by atoms with Crippen LogP contribution in [0.25, 0.3) is 0 Å². The molecule has 0 bridgehead atoms. The average Bonchev–Trinajstić information content (AvgIpc) is 2.75. The summed E-state index contributed by atoms with van der Waals surface area (Å²) in [4.78, 5) is 2.33. The average molecular weight is 463 g/mol. The monoisotopic (exact) mass is 462 g/mol. The number of aliphatic hydroxyl groups excluding tert-OH is 1. The predicted octanol–water partition coefficient (Wildman–Crippen LogP) is 5.51. The second-order valence-electron chi connectivity index (χ2n) is 8.05. The van der Waals surface area contributed by atoms with Gasteiger partial charge in [0, 0.05) is 24.1 Å². The first kappa shape index (κ1) is 22.3. The zero-order valence-corrected chi connectivity index (χ0v) is 18.7. The molecule has 5 heteroatoms. The van der Waals surface area contributed by atoms with Gasteiger partial charge in [0.15, 0.2) is 0 Å². The van der Waals surface area contributed by atoms with E-state index in [0.29, 0.717) is 23.4 Å². The van der Waals surface area contributed by atoms with Crippen molar-refractivity contribution in [3.63, 3.8) is 0 Å². The van der Waals surface area contributed by atoms with Crippen molar-refractivity contribution in [1.82, 2.24) is 4.90 Å². The van der Waals surface area contributed by atoms with Crippen LogP contribution in [0.1, 0.15) is 37.7 Å². The van der Waals surface area contributed by atoms with Crippen molar-refractivity contribution in [1.29, 1.82) is 0 Å². The molecule has 0 aromatic heterocycles. The highest BCUT2D eigenvalue weighted by molar-refractivity contribution is 9.10. The Morgan fingerprint density at radius 2 is 1.83 bits per heavy atom. The molecule has 0 spiro atoms. The van der Waals surface area contributed by atoms with Gasteiger partial charge in [0.05, 0.1) is 12.3 Å². The zero-order chi connectivity index (χ0) is 20.6. The quantitative estimate of drug-likeness (QED) is 0.614. The van der Waals surface area contributed by atoms with Crippen LogP contribution in [0.2, 0.25) is 0 Å². The highest BCUT2D eigenvalue weighted by Crippen LogP contribution is 2.47. The van der Waals surface area contributed by atoms with Gasteiger partial charge in [-0.25, -0.2) is 4.39 Å². The summed E-state index contributed by atoms with van der Waals surface area (Å²) in [5.41, 5.74) is 1.85. The van der Waals surface area contributed by atoms with E-state index in [4.69, 9.17) is 0 Å². The Bertz CT molecular complexity index is 731. The Labute approximate surface area is 182 Å². The number of hydrogen-bond acceptors (Lipinski definition) is 3. The lowest BCUT2D eigenvalue weighted by Gasteiger charge is -2.42. The van der Waals surface area contributed by atoms with Gasteiger partial charge in [0.2, 0.25) is 0 Å². The number of rotatable bonds is 5. The molecule has 0 radical (unpaired) electrons. The highest BCUT2D eigenvalue weighted by atomic mass is 79.9. The van der Waals surface area contributed by atoms with E-state index in [0.717, 1.165) is 42.6 Å². The smallest absolute Gasteiger partial charge is 0.147 e. The summed E-state index contributed by atoms with van der Waals surface area (Å²) in [6.45, 7) is 6.02. The van der Waals surface area contributed by atoms with Gasteiger partial charge in [-0.15, -0.1) is 0 Å². The van der Waals surface area contributed by atoms with E-state index in [-0.39, 0.29) is 12.4 Å². The first-order valence-electron chi connectivity index (χ1n) is 10.7. The summed E-state index contributed by atoms with van der Waals surface area (Å²) in [6, 6.07) is 15.6. The van der Waals surface area contributed by atoms with Crippen LogP contribution in [0.5, 0.6) is 0 Å². The lowest BCUT2D eigenvalue weighted by Crippen LogP contribution is -2.38. The van der Waals surface area contributed by atoms with Crippen LogP contribution in [-0.2, 0) is 0 Å². The molecule has 158 valence electrons. The molecule has 3 nitrogen and oxygen atoms in total. The third-order valence-corrected chi connectivity index (χ3v) is 6.63. The van der Waals surface area contributed by atoms with E-state index < -0.39 is 0 Å². The van der Waals surface area contributed by atoms with Gasteiger partial charge in [-0.3, -0.25) is 0 Å². The van der Waals surface area contributed by atoms with Gasteiger partial charge >= 0.3 is 0 Å². The van der Waals surface area contributed by atoms with Crippen molar-refractivity contribution in [3.8, 4) is 0 Å². The maximum atomic E-state index is 14.2. The van der Waals surface area contributed by atoms with Gasteiger partial charge in [0.1, 0.15) is 5.82 Å². The fourth-order valence-electron chi connectivity index (χ4n) is 4.69. The van der Waals surface area contributed by atoms with Gasteiger partial charge in [-0.2, -0.15) is 0 Å². The molecule has 2 aromatic rings. The Balaban J connectivity index is 0.000000343. The number of aliphatic hydroxyl groups is 1. The Morgan fingerprint density at radius 1 is 1.14 bits per heavy atom. The molecule has 2 aliphatic rings. The van der Waals surface area contributed by atoms with Crippen molar-refractivity contribution >= 4 is 21.6 Å². The van der Waals surface area contributed by atoms with Crippen LogP contribution in [0.3, 0.4) is 0 Å². The maximum absolute atomic E-state index is 14.2. The molecule has 1 saturated carbocycles. The van der Waals surface area contributed by atoms with Gasteiger partial charge in [-0.05, 0) is 61.3 Å². The molecular formula is C24H32BrFN2O. The largest absolute Gasteiger partial charge is 0.395 e. The Morgan fingerprint density at radius 3 is 2.45 bits per heavy atom. The summed E-state index contributed by atoms with van der Waals surface area (Å²) in [6.07, 6.45) is 3.56. The van der Waals surface area contributed by atoms with Crippen LogP contribution >= 0.6 is 15.9 Å². The number of likely N-dealkylation sites (N-methyl/N-ethyl adjacent to an activating group) is 1. The zero-order valence-electron chi connectivity index (χ0n) is 17.2. The van der Waals surface area contributed by atoms with Crippen LogP contribution in [0.15, 0.2) is 53.0 Å². The van der Waals surface area contributed by atoms with E-state index in [1.807, 2.05) is 36.4 Å². The predicted molar refractivity (Wildman–Crippen MR) is 122 cm³/mol. The summed E-state index contributed by atoms with van der Waals surface area (Å²) in [5.74, 6) is 1.55. The van der Waals surface area contributed by atoms with Gasteiger partial charge < -0.3 is 15.3 Å². The molecule has 0 amide bonds. The van der Waals surface area contributed by atoms with Crippen LogP contribution in [0, 0.1) is 17.7 Å². The third-order valence-electron chi connectivity index (χ3n) is 6.17. The standard InChI is InChI=1S/C18H26BrFN2O.C6H6/c1-2-22(5-6-23)11-12-3-4-13-10-21-18-16(15(13)7-12)8-14(19)9-17(18)20;1-2-4-6-5-3-1/h8-9,12-13,15,21,23H,2-7,10-11H2,1H3;1-6H. The Hall–Kier alpha value is -1.43. The van der Waals surface area contributed by atoms with E-state index in [2.05, 4.69) is 39.1 Å². The van der Waals surface area contributed by atoms with Crippen molar-refractivity contribution in [3.05, 3.63) is 64.4 Å². The van der Waals surface area contributed by atoms with E-state index in [1.54, 1.807) is 6.07 Å². The van der Waals surface area contributed by atoms with Crippen molar-refractivity contribution in [2.75, 3.05) is 38.1 Å². The SMILES string of the molecule is CCN(CCO)CC1CCC2CNc3c(F)cc(Br)cc3C2C1.c1ccccc1. The molecule has 4 rings (SSSR count). The molecule has 3 unspecified atom stereocenters. The highest BCUT2D eigenvalue weighted by Gasteiger charge is 2.36. The Kier molecular flexibility index (Phi) is 8.52. The topological polar surface area (TPSA) is 35.5 Å². The molecule has 3 atom stereocenters. The summed E-state index contributed by atoms with van der Waals surface area (Å²) < 4.78 is 15.1. The third kappa shape index (κ3) is 6.03. The summed E-state index contributed by atoms with van der Waals surface area (Å²) in [7, 11) is 0. The fraction of sp³-hybridized carbons (Fsp3) is 0.500. The first-order chi connectivity index (χ1) is 14.1. The van der Waals surface area contributed by atoms with E-state index in [1.165, 1.54) is 12.8 Å². The minimum absolute atomic E-state index is 0.148. The van der Waals surface area contributed by atoms with Crippen LogP contribution < -0.4 is 5.32 Å². The van der Waals surface area contributed by atoms with E-state index in [9.17, 15) is 9.50 Å². The molecule has 1 fully saturated rings. The van der Waals surface area contributed by atoms with Crippen LogP contribution in [0.4, 0.5) is 10.1 Å². The molecule has 2 aromatic carbocycles. The molecule has 2 N–H and O–H groups in total. The summed E-state index contributed by atoms with van der Waals surface area (Å²) in [5, 5.41) is 12.5. The van der Waals surface area contributed by atoms with Gasteiger partial charge in [-0.1, -0.05) is 59.3 Å². The molecular weight excluding hydrogens is 431 g/mol. The number of nitrogens with zero attached hydrogens (tertiary/aromatic N) is 1. The van der Waals surface area contributed by atoms with E-state index >= 15 is 0 Å². The van der Waals surface area contributed by atoms with Crippen molar-refractivity contribution < 1.29 is 9.50 Å². The minimum Gasteiger partial charge on any atom is -0.395 e. The molecule has 0 saturated heterocycles. The molecule has 1 heterocycles. The number of hydrogen-bond donors (Lipinski definition) is 2. The molecule has 29 heavy (non-hydrogen) atoms. The van der Waals surface area contributed by atoms with Crippen molar-refractivity contribution in [2.45, 2.75) is 32.1 Å². The first-order valence-corrected chi connectivity index (χ1v) is 11.5. The van der Waals surface area contributed by atoms with Gasteiger partial charge in [0.25, 0.3) is 0 Å². The summed E-state index contributed by atoms with van der Waals surface area (Å²) >= 11 is 3.44. The normalized spacial score (nSPS) is 22.7. The lowest BCUT2D eigenvalue weighted by atomic mass is 9.69. The number of halogens is 2. The number of benzene rings is 2. The minimum atomic E-state index is -0.148. The second kappa shape index (κ2) is 11.1. The molecule has 1 aliphatic carbocycles. The van der Waals surface area contributed by atoms with Crippen molar-refractivity contribution in [2.24, 2.45) is 11.8 Å². The molecule has 1 aliphatic heterocycles. The second-order valence-corrected chi connectivity index (χ2v) is 8.97. The lowest BCUT2D eigenvalue weighted by molar-refractivity contribution is 0.146. The number of nitrogens with one attached hydrogen (secondary N) is 1. The maximum Gasteiger partial charge on any atom is 0.147 e. The number of anilines is 1. The fourth-order valence-corrected chi connectivity index (χ4v) is 5.13. The van der Waals surface area contributed by atoms with Crippen LogP contribution in [-0.4, -0.2) is 42.8 Å². The number of fused-ring (bicyclic) bond motifs is 3.